The van der Waals surface area contributed by atoms with Gasteiger partial charge in [-0.05, 0) is 51.9 Å². The molecule has 1 fully saturated rings. The summed E-state index contributed by atoms with van der Waals surface area (Å²) in [7, 11) is 4.15. The summed E-state index contributed by atoms with van der Waals surface area (Å²) in [4.78, 5) is 9.31. The van der Waals surface area contributed by atoms with Crippen molar-refractivity contribution in [3.8, 4) is 0 Å². The number of nitrogens with zero attached hydrogens (tertiary/aromatic N) is 3. The van der Waals surface area contributed by atoms with Gasteiger partial charge in [0, 0.05) is 38.4 Å². The molecule has 1 aromatic heterocycles. The fourth-order valence-electron chi connectivity index (χ4n) is 2.68. The van der Waals surface area contributed by atoms with Gasteiger partial charge in [-0.3, -0.25) is 4.90 Å². The quantitative estimate of drug-likeness (QED) is 0.905. The van der Waals surface area contributed by atoms with Crippen molar-refractivity contribution in [1.82, 2.24) is 15.2 Å². The Labute approximate surface area is 135 Å². The molecule has 0 radical (unpaired) electrons. The monoisotopic (exact) mass is 312 g/mol. The molecular formula is C16H29ClN4. The zero-order valence-corrected chi connectivity index (χ0v) is 14.5. The lowest BCUT2D eigenvalue weighted by molar-refractivity contribution is 0.188. The molecule has 2 heterocycles. The molecule has 0 saturated carbocycles. The molecule has 1 saturated heterocycles. The Balaban J connectivity index is 0.00000220. The van der Waals surface area contributed by atoms with Crippen LogP contribution in [0.2, 0.25) is 0 Å². The first-order chi connectivity index (χ1) is 9.60. The highest BCUT2D eigenvalue weighted by atomic mass is 35.5. The summed E-state index contributed by atoms with van der Waals surface area (Å²) in [6.45, 7) is 7.72. The number of rotatable bonds is 5. The fourth-order valence-corrected chi connectivity index (χ4v) is 2.68. The van der Waals surface area contributed by atoms with Crippen LogP contribution in [0.3, 0.4) is 0 Å². The molecule has 2 rings (SSSR count). The van der Waals surface area contributed by atoms with Crippen molar-refractivity contribution in [3.05, 3.63) is 23.9 Å². The van der Waals surface area contributed by atoms with E-state index in [4.69, 9.17) is 0 Å². The molecule has 0 spiro atoms. The Bertz CT molecular complexity index is 407. The second kappa shape index (κ2) is 8.57. The summed E-state index contributed by atoms with van der Waals surface area (Å²) in [5, 5.41) is 3.39. The molecule has 5 heteroatoms. The summed E-state index contributed by atoms with van der Waals surface area (Å²) < 4.78 is 0. The van der Waals surface area contributed by atoms with Gasteiger partial charge in [-0.15, -0.1) is 12.4 Å². The third-order valence-corrected chi connectivity index (χ3v) is 4.27. The van der Waals surface area contributed by atoms with E-state index in [2.05, 4.69) is 60.2 Å². The summed E-state index contributed by atoms with van der Waals surface area (Å²) in [6.07, 6.45) is 4.60. The maximum Gasteiger partial charge on any atom is 0.128 e. The third-order valence-electron chi connectivity index (χ3n) is 4.27. The lowest BCUT2D eigenvalue weighted by Crippen LogP contribution is -2.43. The smallest absolute Gasteiger partial charge is 0.128 e. The van der Waals surface area contributed by atoms with Crippen molar-refractivity contribution >= 4 is 18.2 Å². The van der Waals surface area contributed by atoms with Gasteiger partial charge in [0.1, 0.15) is 5.82 Å². The van der Waals surface area contributed by atoms with Gasteiger partial charge in [0.05, 0.1) is 0 Å². The highest BCUT2D eigenvalue weighted by molar-refractivity contribution is 5.85. The Morgan fingerprint density at radius 3 is 2.76 bits per heavy atom. The van der Waals surface area contributed by atoms with Crippen LogP contribution in [0.5, 0.6) is 0 Å². The SMILES string of the molecule is CNC1CCCN(Cc2ccc(N(C)C(C)C)nc2)C1.Cl. The first-order valence-electron chi connectivity index (χ1n) is 7.67. The maximum atomic E-state index is 4.59. The molecule has 120 valence electrons. The molecule has 1 aliphatic heterocycles. The number of hydrogen-bond donors (Lipinski definition) is 1. The average Bonchev–Trinajstić information content (AvgIpc) is 2.47. The van der Waals surface area contributed by atoms with Crippen LogP contribution in [0, 0.1) is 0 Å². The van der Waals surface area contributed by atoms with Crippen LogP contribution in [0.1, 0.15) is 32.3 Å². The minimum absolute atomic E-state index is 0. The normalized spacial score (nSPS) is 19.4. The van der Waals surface area contributed by atoms with Crippen molar-refractivity contribution in [2.24, 2.45) is 0 Å². The van der Waals surface area contributed by atoms with E-state index in [1.807, 2.05) is 6.20 Å². The average molecular weight is 313 g/mol. The van der Waals surface area contributed by atoms with Crippen molar-refractivity contribution < 1.29 is 0 Å². The Hall–Kier alpha value is -0.840. The van der Waals surface area contributed by atoms with E-state index >= 15 is 0 Å². The van der Waals surface area contributed by atoms with Gasteiger partial charge in [0.15, 0.2) is 0 Å². The third kappa shape index (κ3) is 5.13. The van der Waals surface area contributed by atoms with Gasteiger partial charge in [-0.25, -0.2) is 4.98 Å². The number of likely N-dealkylation sites (N-methyl/N-ethyl adjacent to an activating group) is 1. The number of anilines is 1. The summed E-state index contributed by atoms with van der Waals surface area (Å²) in [6, 6.07) is 5.47. The molecule has 1 aromatic rings. The minimum Gasteiger partial charge on any atom is -0.357 e. The van der Waals surface area contributed by atoms with E-state index in [0.29, 0.717) is 12.1 Å². The molecule has 0 aromatic carbocycles. The second-order valence-corrected chi connectivity index (χ2v) is 6.09. The van der Waals surface area contributed by atoms with Crippen molar-refractivity contribution in [2.75, 3.05) is 32.1 Å². The van der Waals surface area contributed by atoms with Crippen LogP contribution in [-0.4, -0.2) is 49.2 Å². The first kappa shape index (κ1) is 18.2. The van der Waals surface area contributed by atoms with Gasteiger partial charge in [0.2, 0.25) is 0 Å². The summed E-state index contributed by atoms with van der Waals surface area (Å²) in [5.74, 6) is 1.05. The predicted molar refractivity (Wildman–Crippen MR) is 92.4 cm³/mol. The van der Waals surface area contributed by atoms with Crippen LogP contribution >= 0.6 is 12.4 Å². The number of aromatic nitrogens is 1. The Morgan fingerprint density at radius 1 is 1.43 bits per heavy atom. The number of halogens is 1. The highest BCUT2D eigenvalue weighted by Crippen LogP contribution is 2.16. The molecular weight excluding hydrogens is 284 g/mol. The predicted octanol–water partition coefficient (Wildman–Crippen LogP) is 2.53. The molecule has 1 atom stereocenters. The number of nitrogens with one attached hydrogen (secondary N) is 1. The van der Waals surface area contributed by atoms with Crippen molar-refractivity contribution in [2.45, 2.75) is 45.3 Å². The standard InChI is InChI=1S/C16H28N4.ClH/c1-13(2)19(4)16-8-7-14(10-18-16)11-20-9-5-6-15(12-20)17-3;/h7-8,10,13,15,17H,5-6,9,11-12H2,1-4H3;1H. The number of pyridine rings is 1. The van der Waals surface area contributed by atoms with E-state index in [-0.39, 0.29) is 12.4 Å². The van der Waals surface area contributed by atoms with Crippen molar-refractivity contribution in [3.63, 3.8) is 0 Å². The zero-order valence-electron chi connectivity index (χ0n) is 13.7. The van der Waals surface area contributed by atoms with Crippen molar-refractivity contribution in [1.29, 1.82) is 0 Å². The molecule has 0 aliphatic carbocycles. The molecule has 0 amide bonds. The van der Waals surface area contributed by atoms with Gasteiger partial charge >= 0.3 is 0 Å². The molecule has 1 unspecified atom stereocenters. The Kier molecular flexibility index (Phi) is 7.43. The van der Waals surface area contributed by atoms with Gasteiger partial charge in [-0.2, -0.15) is 0 Å². The van der Waals surface area contributed by atoms with Crippen LogP contribution in [0.25, 0.3) is 0 Å². The van der Waals surface area contributed by atoms with E-state index in [9.17, 15) is 0 Å². The van der Waals surface area contributed by atoms with Gasteiger partial charge in [0.25, 0.3) is 0 Å². The zero-order chi connectivity index (χ0) is 14.5. The molecule has 21 heavy (non-hydrogen) atoms. The van der Waals surface area contributed by atoms with Crippen LogP contribution < -0.4 is 10.2 Å². The number of likely N-dealkylation sites (tertiary alicyclic amines) is 1. The van der Waals surface area contributed by atoms with Crippen LogP contribution in [-0.2, 0) is 6.54 Å². The van der Waals surface area contributed by atoms with E-state index in [1.165, 1.54) is 24.9 Å². The van der Waals surface area contributed by atoms with Crippen LogP contribution in [0.4, 0.5) is 5.82 Å². The van der Waals surface area contributed by atoms with Crippen LogP contribution in [0.15, 0.2) is 18.3 Å². The first-order valence-corrected chi connectivity index (χ1v) is 7.67. The minimum atomic E-state index is 0. The molecule has 0 bridgehead atoms. The molecule has 1 N–H and O–H groups in total. The number of piperidine rings is 1. The molecule has 4 nitrogen and oxygen atoms in total. The largest absolute Gasteiger partial charge is 0.357 e. The molecule has 1 aliphatic rings. The lowest BCUT2D eigenvalue weighted by atomic mass is 10.1. The van der Waals surface area contributed by atoms with E-state index < -0.39 is 0 Å². The highest BCUT2D eigenvalue weighted by Gasteiger charge is 2.18. The van der Waals surface area contributed by atoms with Gasteiger partial charge < -0.3 is 10.2 Å². The fraction of sp³-hybridized carbons (Fsp3) is 0.688. The maximum absolute atomic E-state index is 4.59. The summed E-state index contributed by atoms with van der Waals surface area (Å²) in [5.41, 5.74) is 1.31. The Morgan fingerprint density at radius 2 is 2.19 bits per heavy atom. The van der Waals surface area contributed by atoms with E-state index in [1.54, 1.807) is 0 Å². The lowest BCUT2D eigenvalue weighted by Gasteiger charge is -2.32. The van der Waals surface area contributed by atoms with Gasteiger partial charge in [-0.1, -0.05) is 6.07 Å². The second-order valence-electron chi connectivity index (χ2n) is 6.09. The number of hydrogen-bond acceptors (Lipinski definition) is 4. The summed E-state index contributed by atoms with van der Waals surface area (Å²) >= 11 is 0. The van der Waals surface area contributed by atoms with E-state index in [0.717, 1.165) is 18.9 Å². The topological polar surface area (TPSA) is 31.4 Å².